The molecule has 0 atom stereocenters. The van der Waals surface area contributed by atoms with Gasteiger partial charge in [-0.25, -0.2) is 9.47 Å². The lowest BCUT2D eigenvalue weighted by Crippen LogP contribution is -2.29. The normalized spacial score (nSPS) is 9.96. The summed E-state index contributed by atoms with van der Waals surface area (Å²) in [5.41, 5.74) is 10.2. The maximum Gasteiger partial charge on any atom is 0.368 e. The van der Waals surface area contributed by atoms with Crippen molar-refractivity contribution in [2.45, 2.75) is 0 Å². The smallest absolute Gasteiger partial charge is 0.368 e. The van der Waals surface area contributed by atoms with E-state index in [1.54, 1.807) is 36.4 Å². The third-order valence-corrected chi connectivity index (χ3v) is 3.28. The van der Waals surface area contributed by atoms with Crippen LogP contribution in [0.2, 0.25) is 0 Å². The Hall–Kier alpha value is -3.79. The van der Waals surface area contributed by atoms with Crippen molar-refractivity contribution < 1.29 is 0 Å². The SMILES string of the molecule is N#Cc1cn(Nc2ccccc2)c(=O)nc1Nc1ccccc1N. The van der Waals surface area contributed by atoms with Crippen molar-refractivity contribution in [2.24, 2.45) is 0 Å². The molecule has 24 heavy (non-hydrogen) atoms. The predicted octanol–water partition coefficient (Wildman–Crippen LogP) is 2.32. The lowest BCUT2D eigenvalue weighted by molar-refractivity contribution is 0.843. The van der Waals surface area contributed by atoms with Crippen LogP contribution in [-0.2, 0) is 0 Å². The first-order valence-corrected chi connectivity index (χ1v) is 7.15. The molecule has 3 rings (SSSR count). The quantitative estimate of drug-likeness (QED) is 0.637. The van der Waals surface area contributed by atoms with E-state index in [1.165, 1.54) is 6.20 Å². The van der Waals surface area contributed by atoms with Crippen molar-refractivity contribution in [2.75, 3.05) is 16.5 Å². The van der Waals surface area contributed by atoms with Crippen LogP contribution in [0, 0.1) is 11.3 Å². The maximum absolute atomic E-state index is 12.2. The minimum atomic E-state index is -0.546. The largest absolute Gasteiger partial charge is 0.397 e. The molecule has 0 amide bonds. The number of rotatable bonds is 4. The Kier molecular flexibility index (Phi) is 4.12. The molecule has 0 saturated carbocycles. The molecule has 118 valence electrons. The summed E-state index contributed by atoms with van der Waals surface area (Å²) in [5, 5.41) is 12.3. The number of nitrogen functional groups attached to an aromatic ring is 1. The molecule has 1 aromatic heterocycles. The lowest BCUT2D eigenvalue weighted by Gasteiger charge is -2.12. The summed E-state index contributed by atoms with van der Waals surface area (Å²) in [6.45, 7) is 0. The van der Waals surface area contributed by atoms with E-state index in [0.717, 1.165) is 4.68 Å². The Labute approximate surface area is 138 Å². The molecule has 3 aromatic rings. The summed E-state index contributed by atoms with van der Waals surface area (Å²) >= 11 is 0. The van der Waals surface area contributed by atoms with Crippen molar-refractivity contribution >= 4 is 22.9 Å². The lowest BCUT2D eigenvalue weighted by atomic mass is 10.2. The van der Waals surface area contributed by atoms with Crippen LogP contribution < -0.4 is 22.2 Å². The van der Waals surface area contributed by atoms with Crippen LogP contribution in [-0.4, -0.2) is 9.66 Å². The Bertz CT molecular complexity index is 959. The van der Waals surface area contributed by atoms with Crippen LogP contribution in [0.4, 0.5) is 22.9 Å². The fraction of sp³-hybridized carbons (Fsp3) is 0. The molecule has 7 nitrogen and oxygen atoms in total. The maximum atomic E-state index is 12.2. The number of aromatic nitrogens is 2. The summed E-state index contributed by atoms with van der Waals surface area (Å²) < 4.78 is 1.16. The molecular formula is C17H14N6O. The number of hydrogen-bond acceptors (Lipinski definition) is 6. The van der Waals surface area contributed by atoms with Gasteiger partial charge in [-0.1, -0.05) is 30.3 Å². The zero-order valence-corrected chi connectivity index (χ0v) is 12.6. The summed E-state index contributed by atoms with van der Waals surface area (Å²) in [4.78, 5) is 16.1. The van der Waals surface area contributed by atoms with E-state index < -0.39 is 5.69 Å². The number of hydrogen-bond donors (Lipinski definition) is 3. The average molecular weight is 318 g/mol. The van der Waals surface area contributed by atoms with E-state index in [9.17, 15) is 10.1 Å². The van der Waals surface area contributed by atoms with Gasteiger partial charge in [0.25, 0.3) is 0 Å². The van der Waals surface area contributed by atoms with Crippen LogP contribution in [0.1, 0.15) is 5.56 Å². The monoisotopic (exact) mass is 318 g/mol. The zero-order valence-electron chi connectivity index (χ0n) is 12.6. The van der Waals surface area contributed by atoms with Crippen LogP contribution in [0.25, 0.3) is 0 Å². The minimum Gasteiger partial charge on any atom is -0.397 e. The number of nitrogens with one attached hydrogen (secondary N) is 2. The number of nitrogens with zero attached hydrogens (tertiary/aromatic N) is 3. The van der Waals surface area contributed by atoms with Gasteiger partial charge in [0.15, 0.2) is 5.82 Å². The van der Waals surface area contributed by atoms with Gasteiger partial charge in [0.2, 0.25) is 0 Å². The highest BCUT2D eigenvalue weighted by Crippen LogP contribution is 2.22. The molecule has 0 fully saturated rings. The number of nitrogens with two attached hydrogens (primary N) is 1. The Morgan fingerprint density at radius 2 is 1.79 bits per heavy atom. The van der Waals surface area contributed by atoms with Gasteiger partial charge in [-0.3, -0.25) is 5.43 Å². The van der Waals surface area contributed by atoms with E-state index in [2.05, 4.69) is 15.7 Å². The molecule has 1 heterocycles. The van der Waals surface area contributed by atoms with Gasteiger partial charge in [-0.15, -0.1) is 0 Å². The van der Waals surface area contributed by atoms with Crippen molar-refractivity contribution in [3.05, 3.63) is 76.8 Å². The predicted molar refractivity (Wildman–Crippen MR) is 92.8 cm³/mol. The van der Waals surface area contributed by atoms with Gasteiger partial charge >= 0.3 is 5.69 Å². The Balaban J connectivity index is 1.95. The average Bonchev–Trinajstić information content (AvgIpc) is 2.60. The van der Waals surface area contributed by atoms with Crippen LogP contribution >= 0.6 is 0 Å². The molecule has 0 radical (unpaired) electrons. The van der Waals surface area contributed by atoms with Crippen molar-refractivity contribution in [1.82, 2.24) is 9.66 Å². The number of nitriles is 1. The molecule has 0 spiro atoms. The fourth-order valence-electron chi connectivity index (χ4n) is 2.10. The van der Waals surface area contributed by atoms with Crippen molar-refractivity contribution in [3.8, 4) is 6.07 Å². The zero-order chi connectivity index (χ0) is 16.9. The second-order valence-corrected chi connectivity index (χ2v) is 4.96. The van der Waals surface area contributed by atoms with Gasteiger partial charge in [0.1, 0.15) is 11.6 Å². The van der Waals surface area contributed by atoms with Gasteiger partial charge in [0.05, 0.1) is 23.3 Å². The number of anilines is 4. The molecule has 2 aromatic carbocycles. The molecule has 0 saturated heterocycles. The summed E-state index contributed by atoms with van der Waals surface area (Å²) in [6.07, 6.45) is 1.39. The molecule has 0 aliphatic heterocycles. The van der Waals surface area contributed by atoms with E-state index in [1.807, 2.05) is 24.3 Å². The molecule has 0 unspecified atom stereocenters. The summed E-state index contributed by atoms with van der Waals surface area (Å²) in [7, 11) is 0. The minimum absolute atomic E-state index is 0.159. The van der Waals surface area contributed by atoms with E-state index in [0.29, 0.717) is 17.1 Å². The van der Waals surface area contributed by atoms with Crippen molar-refractivity contribution in [1.29, 1.82) is 5.26 Å². The van der Waals surface area contributed by atoms with Crippen LogP contribution in [0.15, 0.2) is 65.6 Å². The molecular weight excluding hydrogens is 304 g/mol. The van der Waals surface area contributed by atoms with E-state index >= 15 is 0 Å². The van der Waals surface area contributed by atoms with Crippen LogP contribution in [0.3, 0.4) is 0 Å². The third-order valence-electron chi connectivity index (χ3n) is 3.28. The molecule has 4 N–H and O–H groups in total. The second kappa shape index (κ2) is 6.54. The number of benzene rings is 2. The highest BCUT2D eigenvalue weighted by atomic mass is 16.2. The topological polar surface area (TPSA) is 109 Å². The first-order valence-electron chi connectivity index (χ1n) is 7.15. The number of para-hydroxylation sites is 3. The third kappa shape index (κ3) is 3.18. The van der Waals surface area contributed by atoms with Gasteiger partial charge < -0.3 is 11.1 Å². The van der Waals surface area contributed by atoms with E-state index in [-0.39, 0.29) is 11.4 Å². The van der Waals surface area contributed by atoms with Gasteiger partial charge in [-0.2, -0.15) is 10.2 Å². The van der Waals surface area contributed by atoms with Crippen LogP contribution in [0.5, 0.6) is 0 Å². The Morgan fingerprint density at radius 1 is 1.08 bits per heavy atom. The molecule has 0 bridgehead atoms. The highest BCUT2D eigenvalue weighted by Gasteiger charge is 2.10. The first kappa shape index (κ1) is 15.1. The van der Waals surface area contributed by atoms with Gasteiger partial charge in [-0.05, 0) is 24.3 Å². The molecule has 7 heteroatoms. The highest BCUT2D eigenvalue weighted by molar-refractivity contribution is 5.72. The molecule has 0 aliphatic carbocycles. The van der Waals surface area contributed by atoms with Crippen molar-refractivity contribution in [3.63, 3.8) is 0 Å². The van der Waals surface area contributed by atoms with Gasteiger partial charge in [0, 0.05) is 0 Å². The second-order valence-electron chi connectivity index (χ2n) is 4.96. The molecule has 0 aliphatic rings. The fourth-order valence-corrected chi connectivity index (χ4v) is 2.10. The first-order chi connectivity index (χ1) is 11.7. The van der Waals surface area contributed by atoms with E-state index in [4.69, 9.17) is 5.73 Å². The summed E-state index contributed by atoms with van der Waals surface area (Å²) in [5.74, 6) is 0.159. The standard InChI is InChI=1S/C17H14N6O/c18-10-12-11-23(22-13-6-2-1-3-7-13)17(24)21-16(12)20-15-9-5-4-8-14(15)19/h1-9,11,22H,19H2,(H,20,21,24). The Morgan fingerprint density at radius 3 is 2.50 bits per heavy atom. The summed E-state index contributed by atoms with van der Waals surface area (Å²) in [6, 6.07) is 18.2.